The molecule has 0 fully saturated rings. The predicted molar refractivity (Wildman–Crippen MR) is 33.5 cm³/mol. The summed E-state index contributed by atoms with van der Waals surface area (Å²) >= 11 is 0. The predicted octanol–water partition coefficient (Wildman–Crippen LogP) is 1.57. The van der Waals surface area contributed by atoms with Gasteiger partial charge in [-0.25, -0.2) is 0 Å². The molecule has 0 unspecified atom stereocenters. The molecule has 2 N–H and O–H groups in total. The van der Waals surface area contributed by atoms with Gasteiger partial charge in [-0.3, -0.25) is 0 Å². The second-order valence-electron chi connectivity index (χ2n) is 2.64. The van der Waals surface area contributed by atoms with Gasteiger partial charge in [0.1, 0.15) is 5.54 Å². The summed E-state index contributed by atoms with van der Waals surface area (Å²) < 4.78 is 34.7. The largest absolute Gasteiger partial charge is 0.389 e. The second-order valence-corrected chi connectivity index (χ2v) is 2.64. The lowest BCUT2D eigenvalue weighted by Gasteiger charge is -2.15. The number of hydrogen-bond acceptors (Lipinski definition) is 2. The molecule has 64 valence electrons. The number of hydrogen-bond donors (Lipinski definition) is 1. The molecule has 0 bridgehead atoms. The fourth-order valence-electron chi connectivity index (χ4n) is 0.457. The molecule has 0 spiro atoms. The van der Waals surface area contributed by atoms with Crippen LogP contribution < -0.4 is 5.73 Å². The topological polar surface area (TPSA) is 49.8 Å². The third-order valence-corrected chi connectivity index (χ3v) is 1.18. The summed E-state index contributed by atoms with van der Waals surface area (Å²) in [6.07, 6.45) is -5.59. The summed E-state index contributed by atoms with van der Waals surface area (Å²) in [7, 11) is 0. The van der Waals surface area contributed by atoms with Crippen LogP contribution in [0.3, 0.4) is 0 Å². The van der Waals surface area contributed by atoms with E-state index >= 15 is 0 Å². The monoisotopic (exact) mass is 166 g/mol. The van der Waals surface area contributed by atoms with Crippen LogP contribution >= 0.6 is 0 Å². The maximum absolute atomic E-state index is 11.6. The minimum Gasteiger partial charge on any atom is -0.314 e. The van der Waals surface area contributed by atoms with E-state index in [2.05, 4.69) is 0 Å². The first-order valence-corrected chi connectivity index (χ1v) is 3.04. The Morgan fingerprint density at radius 3 is 2.09 bits per heavy atom. The molecule has 0 saturated heterocycles. The van der Waals surface area contributed by atoms with Crippen LogP contribution in [0.25, 0.3) is 0 Å². The van der Waals surface area contributed by atoms with Crippen LogP contribution in [0.4, 0.5) is 13.2 Å². The quantitative estimate of drug-likeness (QED) is 0.676. The number of nitrogens with two attached hydrogens (primary N) is 1. The summed E-state index contributed by atoms with van der Waals surface area (Å²) in [5, 5.41) is 8.25. The van der Waals surface area contributed by atoms with E-state index in [1.54, 1.807) is 6.07 Å². The van der Waals surface area contributed by atoms with Crippen molar-refractivity contribution in [2.45, 2.75) is 31.5 Å². The molecule has 0 aromatic heterocycles. The summed E-state index contributed by atoms with van der Waals surface area (Å²) in [5.74, 6) is 0. The van der Waals surface area contributed by atoms with Crippen molar-refractivity contribution in [3.8, 4) is 6.07 Å². The molecule has 0 aliphatic carbocycles. The van der Waals surface area contributed by atoms with Gasteiger partial charge in [-0.15, -0.1) is 0 Å². The number of halogens is 3. The molecule has 0 aliphatic rings. The Labute approximate surface area is 62.8 Å². The summed E-state index contributed by atoms with van der Waals surface area (Å²) in [6, 6.07) is 1.59. The minimum atomic E-state index is -4.22. The van der Waals surface area contributed by atoms with E-state index in [0.717, 1.165) is 0 Å². The maximum Gasteiger partial charge on any atom is 0.389 e. The average Bonchev–Trinajstić information content (AvgIpc) is 1.83. The summed E-state index contributed by atoms with van der Waals surface area (Å²) in [6.45, 7) is 1.28. The first-order valence-electron chi connectivity index (χ1n) is 3.04. The molecule has 1 atom stereocenters. The first kappa shape index (κ1) is 10.2. The Morgan fingerprint density at radius 1 is 1.36 bits per heavy atom. The molecule has 0 rings (SSSR count). The molecular formula is C6H9F3N2. The van der Waals surface area contributed by atoms with Crippen LogP contribution in [0.2, 0.25) is 0 Å². The van der Waals surface area contributed by atoms with E-state index < -0.39 is 18.1 Å². The van der Waals surface area contributed by atoms with E-state index in [0.29, 0.717) is 0 Å². The molecule has 2 nitrogen and oxygen atoms in total. The van der Waals surface area contributed by atoms with Crippen molar-refractivity contribution in [3.63, 3.8) is 0 Å². The van der Waals surface area contributed by atoms with Crippen LogP contribution in [-0.4, -0.2) is 11.7 Å². The normalized spacial score (nSPS) is 17.1. The number of rotatable bonds is 2. The fraction of sp³-hybridized carbons (Fsp3) is 0.833. The SMILES string of the molecule is C[C@@](N)(C#N)CCC(F)(F)F. The number of nitrogens with zero attached hydrogens (tertiary/aromatic N) is 1. The first-order chi connectivity index (χ1) is 4.77. The second kappa shape index (κ2) is 3.09. The smallest absolute Gasteiger partial charge is 0.314 e. The van der Waals surface area contributed by atoms with Gasteiger partial charge in [0.15, 0.2) is 0 Å². The van der Waals surface area contributed by atoms with Gasteiger partial charge in [0.25, 0.3) is 0 Å². The van der Waals surface area contributed by atoms with Gasteiger partial charge >= 0.3 is 6.18 Å². The van der Waals surface area contributed by atoms with Crippen molar-refractivity contribution < 1.29 is 13.2 Å². The Bertz CT molecular complexity index is 166. The highest BCUT2D eigenvalue weighted by atomic mass is 19.4. The van der Waals surface area contributed by atoms with E-state index in [1.165, 1.54) is 6.92 Å². The molecule has 11 heavy (non-hydrogen) atoms. The van der Waals surface area contributed by atoms with Gasteiger partial charge in [0, 0.05) is 6.42 Å². The lowest BCUT2D eigenvalue weighted by Crippen LogP contribution is -2.35. The van der Waals surface area contributed by atoms with Crippen molar-refractivity contribution in [2.75, 3.05) is 0 Å². The van der Waals surface area contributed by atoms with Crippen LogP contribution in [-0.2, 0) is 0 Å². The Hall–Kier alpha value is -0.760. The van der Waals surface area contributed by atoms with E-state index in [1.807, 2.05) is 0 Å². The maximum atomic E-state index is 11.6. The van der Waals surface area contributed by atoms with Crippen molar-refractivity contribution in [3.05, 3.63) is 0 Å². The van der Waals surface area contributed by atoms with E-state index in [4.69, 9.17) is 11.0 Å². The van der Waals surface area contributed by atoms with Crippen LogP contribution in [0.1, 0.15) is 19.8 Å². The highest BCUT2D eigenvalue weighted by Gasteiger charge is 2.31. The number of alkyl halides is 3. The summed E-state index contributed by atoms with van der Waals surface area (Å²) in [4.78, 5) is 0. The highest BCUT2D eigenvalue weighted by Crippen LogP contribution is 2.24. The zero-order valence-corrected chi connectivity index (χ0v) is 6.07. The van der Waals surface area contributed by atoms with Gasteiger partial charge in [0.05, 0.1) is 6.07 Å². The van der Waals surface area contributed by atoms with Crippen LogP contribution in [0, 0.1) is 11.3 Å². The highest BCUT2D eigenvalue weighted by molar-refractivity contribution is 5.00. The third kappa shape index (κ3) is 5.67. The van der Waals surface area contributed by atoms with Crippen molar-refractivity contribution in [1.29, 1.82) is 5.26 Å². The minimum absolute atomic E-state index is 0.354. The van der Waals surface area contributed by atoms with Gasteiger partial charge in [0.2, 0.25) is 0 Å². The molecule has 0 amide bonds. The molecule has 0 aromatic rings. The Kier molecular flexibility index (Phi) is 2.88. The summed E-state index contributed by atoms with van der Waals surface area (Å²) in [5.41, 5.74) is 3.80. The van der Waals surface area contributed by atoms with Crippen molar-refractivity contribution in [2.24, 2.45) is 5.73 Å². The molecular weight excluding hydrogens is 157 g/mol. The molecule has 0 heterocycles. The Morgan fingerprint density at radius 2 is 1.82 bits per heavy atom. The van der Waals surface area contributed by atoms with Gasteiger partial charge in [-0.2, -0.15) is 18.4 Å². The fourth-order valence-corrected chi connectivity index (χ4v) is 0.457. The molecule has 0 aliphatic heterocycles. The van der Waals surface area contributed by atoms with Crippen molar-refractivity contribution >= 4 is 0 Å². The lowest BCUT2D eigenvalue weighted by molar-refractivity contribution is -0.137. The third-order valence-electron chi connectivity index (χ3n) is 1.18. The zero-order valence-electron chi connectivity index (χ0n) is 6.07. The molecule has 5 heteroatoms. The van der Waals surface area contributed by atoms with Gasteiger partial charge in [-0.1, -0.05) is 0 Å². The van der Waals surface area contributed by atoms with Gasteiger partial charge < -0.3 is 5.73 Å². The van der Waals surface area contributed by atoms with Crippen LogP contribution in [0.15, 0.2) is 0 Å². The zero-order chi connectivity index (χ0) is 9.12. The van der Waals surface area contributed by atoms with E-state index in [-0.39, 0.29) is 6.42 Å². The van der Waals surface area contributed by atoms with Crippen LogP contribution in [0.5, 0.6) is 0 Å². The Balaban J connectivity index is 3.83. The van der Waals surface area contributed by atoms with E-state index in [9.17, 15) is 13.2 Å². The molecule has 0 aromatic carbocycles. The van der Waals surface area contributed by atoms with Gasteiger partial charge in [-0.05, 0) is 13.3 Å². The lowest BCUT2D eigenvalue weighted by atomic mass is 9.99. The van der Waals surface area contributed by atoms with Crippen molar-refractivity contribution in [1.82, 2.24) is 0 Å². The standard InChI is InChI=1S/C6H9F3N2/c1-5(11,4-10)2-3-6(7,8)9/h2-3,11H2,1H3/t5-/m0/s1. The molecule has 0 saturated carbocycles. The molecule has 0 radical (unpaired) electrons. The average molecular weight is 166 g/mol. The number of nitriles is 1.